The molecule has 0 aliphatic rings. The second-order valence-electron chi connectivity index (χ2n) is 3.00. The van der Waals surface area contributed by atoms with E-state index in [9.17, 15) is 4.48 Å². The minimum absolute atomic E-state index is 0.166. The number of ether oxygens (including phenoxy) is 1. The Balaban J connectivity index is 2.22. The summed E-state index contributed by atoms with van der Waals surface area (Å²) in [7, 11) is 0. The van der Waals surface area contributed by atoms with Crippen molar-refractivity contribution in [3.63, 3.8) is 0 Å². The summed E-state index contributed by atoms with van der Waals surface area (Å²) in [5, 5.41) is 0.377. The first kappa shape index (κ1) is 11.6. The van der Waals surface area contributed by atoms with E-state index in [2.05, 4.69) is 15.4 Å². The van der Waals surface area contributed by atoms with Crippen LogP contribution in [-0.4, -0.2) is 9.97 Å². The summed E-state index contributed by atoms with van der Waals surface area (Å²) in [5.74, 6) is 0.332. The van der Waals surface area contributed by atoms with Crippen molar-refractivity contribution in [1.82, 2.24) is 15.6 Å². The number of halogens is 2. The monoisotopic (exact) mass is 254 g/mol. The van der Waals surface area contributed by atoms with Gasteiger partial charge in [0.1, 0.15) is 0 Å². The number of hydrogen-bond donors (Lipinski definition) is 2. The molecule has 0 bridgehead atoms. The van der Waals surface area contributed by atoms with Gasteiger partial charge in [-0.3, -0.25) is 5.43 Å². The number of anilines is 1. The first-order valence-electron chi connectivity index (χ1n) is 4.65. The van der Waals surface area contributed by atoms with Crippen molar-refractivity contribution in [3.05, 3.63) is 41.7 Å². The lowest BCUT2D eigenvalue weighted by molar-refractivity contribution is 0.375. The van der Waals surface area contributed by atoms with E-state index < -0.39 is 0 Å². The van der Waals surface area contributed by atoms with Crippen molar-refractivity contribution < 1.29 is 9.22 Å². The van der Waals surface area contributed by atoms with Gasteiger partial charge in [0, 0.05) is 18.5 Å². The number of nitrogens with one attached hydrogen (secondary N) is 2. The fourth-order valence-corrected chi connectivity index (χ4v) is 1.31. The molecule has 0 spiro atoms. The third-order valence-electron chi connectivity index (χ3n) is 1.87. The predicted molar refractivity (Wildman–Crippen MR) is 61.4 cm³/mol. The standard InChI is InChI=1S/C10H8ClFN4O/c11-8-3-2-7(15-16-12)6-9(8)17-10-13-4-1-5-14-10/h1-6,15-16H. The molecule has 0 aliphatic heterocycles. The van der Waals surface area contributed by atoms with E-state index in [4.69, 9.17) is 16.3 Å². The second-order valence-corrected chi connectivity index (χ2v) is 3.41. The largest absolute Gasteiger partial charge is 0.423 e. The lowest BCUT2D eigenvalue weighted by atomic mass is 10.3. The molecule has 0 saturated heterocycles. The van der Waals surface area contributed by atoms with Crippen LogP contribution in [0.15, 0.2) is 36.7 Å². The molecular weight excluding hydrogens is 247 g/mol. The van der Waals surface area contributed by atoms with Gasteiger partial charge in [-0.2, -0.15) is 0 Å². The Hall–Kier alpha value is -1.92. The highest BCUT2D eigenvalue weighted by Gasteiger charge is 2.06. The number of hydrazine groups is 1. The van der Waals surface area contributed by atoms with Crippen LogP contribution < -0.4 is 15.8 Å². The summed E-state index contributed by atoms with van der Waals surface area (Å²) < 4.78 is 17.2. The maximum Gasteiger partial charge on any atom is 0.321 e. The highest BCUT2D eigenvalue weighted by atomic mass is 35.5. The molecular formula is C10H8ClFN4O. The molecule has 0 radical (unpaired) electrons. The van der Waals surface area contributed by atoms with Crippen molar-refractivity contribution in [1.29, 1.82) is 0 Å². The van der Waals surface area contributed by atoms with E-state index in [0.29, 0.717) is 16.5 Å². The van der Waals surface area contributed by atoms with Crippen LogP contribution >= 0.6 is 11.6 Å². The zero-order chi connectivity index (χ0) is 12.1. The van der Waals surface area contributed by atoms with Gasteiger partial charge in [0.25, 0.3) is 0 Å². The first-order valence-corrected chi connectivity index (χ1v) is 5.03. The molecule has 88 valence electrons. The quantitative estimate of drug-likeness (QED) is 0.649. The first-order chi connectivity index (χ1) is 8.29. The van der Waals surface area contributed by atoms with E-state index in [-0.39, 0.29) is 6.01 Å². The smallest absolute Gasteiger partial charge is 0.321 e. The van der Waals surface area contributed by atoms with Gasteiger partial charge in [-0.15, -0.1) is 4.48 Å². The van der Waals surface area contributed by atoms with Crippen molar-refractivity contribution in [2.24, 2.45) is 0 Å². The summed E-state index contributed by atoms with van der Waals surface area (Å²) in [6, 6.07) is 6.51. The van der Waals surface area contributed by atoms with Crippen molar-refractivity contribution in [3.8, 4) is 11.8 Å². The molecule has 0 atom stereocenters. The van der Waals surface area contributed by atoms with Gasteiger partial charge in [-0.1, -0.05) is 17.2 Å². The lowest BCUT2D eigenvalue weighted by Gasteiger charge is -2.08. The molecule has 2 N–H and O–H groups in total. The Kier molecular flexibility index (Phi) is 3.69. The van der Waals surface area contributed by atoms with Crippen molar-refractivity contribution in [2.75, 3.05) is 5.43 Å². The molecule has 5 nitrogen and oxygen atoms in total. The molecule has 0 saturated carbocycles. The Labute approximate surface area is 102 Å². The minimum Gasteiger partial charge on any atom is -0.423 e. The van der Waals surface area contributed by atoms with Gasteiger partial charge < -0.3 is 4.74 Å². The van der Waals surface area contributed by atoms with Gasteiger partial charge in [0.2, 0.25) is 0 Å². The van der Waals surface area contributed by atoms with Crippen LogP contribution in [0.3, 0.4) is 0 Å². The molecule has 0 fully saturated rings. The Morgan fingerprint density at radius 2 is 2.00 bits per heavy atom. The fourth-order valence-electron chi connectivity index (χ4n) is 1.15. The van der Waals surface area contributed by atoms with E-state index >= 15 is 0 Å². The van der Waals surface area contributed by atoms with Crippen molar-refractivity contribution >= 4 is 17.3 Å². The average Bonchev–Trinajstić information content (AvgIpc) is 2.35. The highest BCUT2D eigenvalue weighted by molar-refractivity contribution is 6.32. The molecule has 17 heavy (non-hydrogen) atoms. The number of hydrogen-bond acceptors (Lipinski definition) is 5. The normalized spacial score (nSPS) is 10.0. The Morgan fingerprint density at radius 3 is 2.71 bits per heavy atom. The summed E-state index contributed by atoms with van der Waals surface area (Å²) in [5.41, 5.74) is 4.04. The number of aromatic nitrogens is 2. The van der Waals surface area contributed by atoms with E-state index in [1.165, 1.54) is 11.7 Å². The molecule has 0 unspecified atom stereocenters. The summed E-state index contributed by atoms with van der Waals surface area (Å²) >= 11 is 5.92. The van der Waals surface area contributed by atoms with E-state index in [0.717, 1.165) is 0 Å². The Bertz CT molecular complexity index is 497. The molecule has 1 aromatic heterocycles. The van der Waals surface area contributed by atoms with Gasteiger partial charge in [0.05, 0.1) is 10.7 Å². The number of rotatable bonds is 4. The zero-order valence-electron chi connectivity index (χ0n) is 8.52. The topological polar surface area (TPSA) is 59.1 Å². The zero-order valence-corrected chi connectivity index (χ0v) is 9.28. The van der Waals surface area contributed by atoms with E-state index in [1.54, 1.807) is 30.6 Å². The molecule has 1 aromatic carbocycles. The molecule has 7 heteroatoms. The average molecular weight is 255 g/mol. The SMILES string of the molecule is FNNc1ccc(Cl)c(Oc2ncccn2)c1. The molecule has 2 rings (SSSR count). The number of benzene rings is 1. The maximum absolute atomic E-state index is 11.9. The second kappa shape index (κ2) is 5.42. The van der Waals surface area contributed by atoms with Crippen LogP contribution in [0, 0.1) is 0 Å². The molecule has 0 aliphatic carbocycles. The van der Waals surface area contributed by atoms with E-state index in [1.807, 2.05) is 0 Å². The van der Waals surface area contributed by atoms with Gasteiger partial charge in [0.15, 0.2) is 5.75 Å². The summed E-state index contributed by atoms with van der Waals surface area (Å²) in [4.78, 5) is 7.78. The number of nitrogens with zero attached hydrogens (tertiary/aromatic N) is 2. The Morgan fingerprint density at radius 1 is 1.24 bits per heavy atom. The highest BCUT2D eigenvalue weighted by Crippen LogP contribution is 2.30. The van der Waals surface area contributed by atoms with Crippen LogP contribution in [0.2, 0.25) is 5.02 Å². The minimum atomic E-state index is 0.166. The third kappa shape index (κ3) is 3.02. The molecule has 2 aromatic rings. The summed E-state index contributed by atoms with van der Waals surface area (Å²) in [6.45, 7) is 0. The fraction of sp³-hybridized carbons (Fsp3) is 0. The van der Waals surface area contributed by atoms with Gasteiger partial charge in [-0.25, -0.2) is 9.97 Å². The van der Waals surface area contributed by atoms with Crippen LogP contribution in [-0.2, 0) is 0 Å². The summed E-state index contributed by atoms with van der Waals surface area (Å²) in [6.07, 6.45) is 3.09. The van der Waals surface area contributed by atoms with Crippen LogP contribution in [0.4, 0.5) is 10.2 Å². The maximum atomic E-state index is 11.9. The van der Waals surface area contributed by atoms with Crippen LogP contribution in [0.5, 0.6) is 11.8 Å². The third-order valence-corrected chi connectivity index (χ3v) is 2.18. The van der Waals surface area contributed by atoms with Crippen molar-refractivity contribution in [2.45, 2.75) is 0 Å². The molecule has 0 amide bonds. The predicted octanol–water partition coefficient (Wildman–Crippen LogP) is 2.72. The van der Waals surface area contributed by atoms with Crippen LogP contribution in [0.25, 0.3) is 0 Å². The van der Waals surface area contributed by atoms with Crippen LogP contribution in [0.1, 0.15) is 0 Å². The lowest BCUT2D eigenvalue weighted by Crippen LogP contribution is -2.09. The van der Waals surface area contributed by atoms with Gasteiger partial charge in [-0.05, 0) is 18.2 Å². The van der Waals surface area contributed by atoms with Gasteiger partial charge >= 0.3 is 6.01 Å². The molecule has 1 heterocycles.